The number of halogens is 2. The van der Waals surface area contributed by atoms with Gasteiger partial charge in [-0.3, -0.25) is 4.79 Å². The summed E-state index contributed by atoms with van der Waals surface area (Å²) in [6, 6.07) is 6.25. The van der Waals surface area contributed by atoms with Crippen LogP contribution in [0, 0.1) is 5.82 Å². The van der Waals surface area contributed by atoms with Crippen LogP contribution in [-0.2, 0) is 4.79 Å². The van der Waals surface area contributed by atoms with Crippen LogP contribution >= 0.6 is 24.2 Å². The summed E-state index contributed by atoms with van der Waals surface area (Å²) in [5, 5.41) is 0.713. The Kier molecular flexibility index (Phi) is 6.47. The molecule has 1 aliphatic heterocycles. The second-order valence-electron chi connectivity index (χ2n) is 5.34. The summed E-state index contributed by atoms with van der Waals surface area (Å²) in [7, 11) is 0. The fraction of sp³-hybridized carbons (Fsp3) is 0.375. The lowest BCUT2D eigenvalue weighted by Crippen LogP contribution is -2.36. The number of nitrogens with one attached hydrogen (secondary N) is 1. The molecular weight excluding hydrogens is 337 g/mol. The average Bonchev–Trinajstić information content (AvgIpc) is 3.03. The molecular formula is C16H19ClFN3OS. The molecule has 1 aromatic heterocycles. The van der Waals surface area contributed by atoms with Crippen LogP contribution in [0.1, 0.15) is 19.3 Å². The smallest absolute Gasteiger partial charge is 0.233 e. The number of rotatable bonds is 4. The maximum Gasteiger partial charge on any atom is 0.233 e. The van der Waals surface area contributed by atoms with Gasteiger partial charge in [0.2, 0.25) is 5.91 Å². The highest BCUT2D eigenvalue weighted by Gasteiger charge is 2.17. The van der Waals surface area contributed by atoms with E-state index in [-0.39, 0.29) is 24.1 Å². The van der Waals surface area contributed by atoms with Gasteiger partial charge >= 0.3 is 0 Å². The Hall–Kier alpha value is -1.53. The van der Waals surface area contributed by atoms with E-state index in [9.17, 15) is 9.18 Å². The lowest BCUT2D eigenvalue weighted by Gasteiger charge is -2.26. The van der Waals surface area contributed by atoms with Crippen molar-refractivity contribution in [3.05, 3.63) is 36.3 Å². The standard InChI is InChI=1S/C16H18FN3OS.ClH/c17-13-6-4-12(5-7-13)14-10-18-16(19-14)22-11-15(21)20-8-2-1-3-9-20;/h4-7,10H,1-3,8-9,11H2,(H,18,19);1H. The van der Waals surface area contributed by atoms with Crippen molar-refractivity contribution in [1.29, 1.82) is 0 Å². The SMILES string of the molecule is Cl.O=C(CSc1ncc(-c2ccc(F)cc2)[nH]1)N1CCCCC1. The van der Waals surface area contributed by atoms with Crippen LogP contribution in [0.5, 0.6) is 0 Å². The number of carbonyl (C=O) groups is 1. The Balaban J connectivity index is 0.00000192. The van der Waals surface area contributed by atoms with Gasteiger partial charge in [0.15, 0.2) is 5.16 Å². The molecule has 7 heteroatoms. The lowest BCUT2D eigenvalue weighted by atomic mass is 10.1. The number of H-pyrrole nitrogens is 1. The van der Waals surface area contributed by atoms with E-state index < -0.39 is 0 Å². The summed E-state index contributed by atoms with van der Waals surface area (Å²) < 4.78 is 12.9. The number of piperidine rings is 1. The molecule has 1 aliphatic rings. The number of amides is 1. The first-order chi connectivity index (χ1) is 10.7. The minimum atomic E-state index is -0.259. The van der Waals surface area contributed by atoms with Gasteiger partial charge in [-0.25, -0.2) is 9.37 Å². The molecule has 0 bridgehead atoms. The maximum absolute atomic E-state index is 12.9. The molecule has 0 radical (unpaired) electrons. The molecule has 4 nitrogen and oxygen atoms in total. The van der Waals surface area contributed by atoms with Crippen molar-refractivity contribution in [1.82, 2.24) is 14.9 Å². The van der Waals surface area contributed by atoms with Gasteiger partial charge in [0.05, 0.1) is 17.6 Å². The molecule has 1 aromatic carbocycles. The van der Waals surface area contributed by atoms with Crippen molar-refractivity contribution in [2.45, 2.75) is 24.4 Å². The van der Waals surface area contributed by atoms with Gasteiger partial charge in [-0.15, -0.1) is 12.4 Å². The molecule has 1 fully saturated rings. The molecule has 0 aliphatic carbocycles. The van der Waals surface area contributed by atoms with Crippen LogP contribution < -0.4 is 0 Å². The number of hydrogen-bond donors (Lipinski definition) is 1. The molecule has 124 valence electrons. The number of hydrogen-bond acceptors (Lipinski definition) is 3. The molecule has 23 heavy (non-hydrogen) atoms. The van der Waals surface area contributed by atoms with Crippen LogP contribution in [0.25, 0.3) is 11.3 Å². The summed E-state index contributed by atoms with van der Waals surface area (Å²) in [6.45, 7) is 1.75. The topological polar surface area (TPSA) is 49.0 Å². The molecule has 1 amide bonds. The highest BCUT2D eigenvalue weighted by molar-refractivity contribution is 7.99. The van der Waals surface area contributed by atoms with Gasteiger partial charge in [-0.1, -0.05) is 11.8 Å². The number of carbonyl (C=O) groups excluding carboxylic acids is 1. The number of nitrogens with zero attached hydrogens (tertiary/aromatic N) is 2. The zero-order chi connectivity index (χ0) is 15.4. The largest absolute Gasteiger partial charge is 0.342 e. The first kappa shape index (κ1) is 17.8. The zero-order valence-electron chi connectivity index (χ0n) is 12.6. The van der Waals surface area contributed by atoms with E-state index in [1.165, 1.54) is 30.3 Å². The number of thioether (sulfide) groups is 1. The van der Waals surface area contributed by atoms with Crippen molar-refractivity contribution < 1.29 is 9.18 Å². The summed E-state index contributed by atoms with van der Waals surface area (Å²) in [6.07, 6.45) is 5.13. The van der Waals surface area contributed by atoms with E-state index in [1.807, 2.05) is 4.90 Å². The third-order valence-corrected chi connectivity index (χ3v) is 4.62. The molecule has 2 aromatic rings. The summed E-state index contributed by atoms with van der Waals surface area (Å²) in [5.41, 5.74) is 1.70. The van der Waals surface area contributed by atoms with Crippen LogP contribution in [0.4, 0.5) is 4.39 Å². The Morgan fingerprint density at radius 3 is 2.61 bits per heavy atom. The van der Waals surface area contributed by atoms with E-state index in [2.05, 4.69) is 9.97 Å². The van der Waals surface area contributed by atoms with E-state index in [4.69, 9.17) is 0 Å². The van der Waals surface area contributed by atoms with Crippen LogP contribution in [0.3, 0.4) is 0 Å². The summed E-state index contributed by atoms with van der Waals surface area (Å²) in [5.74, 6) is 0.311. The summed E-state index contributed by atoms with van der Waals surface area (Å²) in [4.78, 5) is 21.5. The molecule has 0 atom stereocenters. The molecule has 0 unspecified atom stereocenters. The maximum atomic E-state index is 12.9. The third-order valence-electron chi connectivity index (χ3n) is 3.75. The van der Waals surface area contributed by atoms with Gasteiger partial charge in [0.25, 0.3) is 0 Å². The number of likely N-dealkylation sites (tertiary alicyclic amines) is 1. The molecule has 2 heterocycles. The Morgan fingerprint density at radius 2 is 1.91 bits per heavy atom. The average molecular weight is 356 g/mol. The second-order valence-corrected chi connectivity index (χ2v) is 6.30. The number of aromatic amines is 1. The predicted molar refractivity (Wildman–Crippen MR) is 92.4 cm³/mol. The third kappa shape index (κ3) is 4.72. The van der Waals surface area contributed by atoms with Gasteiger partial charge < -0.3 is 9.88 Å². The Labute approximate surface area is 145 Å². The van der Waals surface area contributed by atoms with Crippen LogP contribution in [0.2, 0.25) is 0 Å². The number of benzene rings is 1. The zero-order valence-corrected chi connectivity index (χ0v) is 14.3. The van der Waals surface area contributed by atoms with E-state index in [1.54, 1.807) is 18.3 Å². The van der Waals surface area contributed by atoms with Gasteiger partial charge in [-0.2, -0.15) is 0 Å². The van der Waals surface area contributed by atoms with Gasteiger partial charge in [0, 0.05) is 13.1 Å². The minimum absolute atomic E-state index is 0. The Morgan fingerprint density at radius 1 is 1.22 bits per heavy atom. The molecule has 1 N–H and O–H groups in total. The molecule has 0 spiro atoms. The van der Waals surface area contributed by atoms with Gasteiger partial charge in [-0.05, 0) is 49.1 Å². The summed E-state index contributed by atoms with van der Waals surface area (Å²) >= 11 is 1.41. The quantitative estimate of drug-likeness (QED) is 0.850. The van der Waals surface area contributed by atoms with E-state index in [0.717, 1.165) is 37.2 Å². The monoisotopic (exact) mass is 355 g/mol. The molecule has 3 rings (SSSR count). The van der Waals surface area contributed by atoms with Crippen LogP contribution in [0.15, 0.2) is 35.6 Å². The molecule has 0 saturated carbocycles. The van der Waals surface area contributed by atoms with E-state index in [0.29, 0.717) is 10.9 Å². The fourth-order valence-corrected chi connectivity index (χ4v) is 3.27. The highest BCUT2D eigenvalue weighted by atomic mass is 35.5. The first-order valence-electron chi connectivity index (χ1n) is 7.44. The fourth-order valence-electron chi connectivity index (χ4n) is 2.52. The number of aromatic nitrogens is 2. The minimum Gasteiger partial charge on any atom is -0.342 e. The van der Waals surface area contributed by atoms with Crippen molar-refractivity contribution >= 4 is 30.1 Å². The van der Waals surface area contributed by atoms with Crippen molar-refractivity contribution in [3.63, 3.8) is 0 Å². The lowest BCUT2D eigenvalue weighted by molar-refractivity contribution is -0.129. The van der Waals surface area contributed by atoms with Crippen molar-refractivity contribution in [2.24, 2.45) is 0 Å². The van der Waals surface area contributed by atoms with Gasteiger partial charge in [0.1, 0.15) is 5.82 Å². The van der Waals surface area contributed by atoms with Crippen molar-refractivity contribution in [2.75, 3.05) is 18.8 Å². The van der Waals surface area contributed by atoms with Crippen molar-refractivity contribution in [3.8, 4) is 11.3 Å². The highest BCUT2D eigenvalue weighted by Crippen LogP contribution is 2.22. The van der Waals surface area contributed by atoms with E-state index >= 15 is 0 Å². The first-order valence-corrected chi connectivity index (χ1v) is 8.42. The normalized spacial score (nSPS) is 14.4. The number of imidazole rings is 1. The molecule has 1 saturated heterocycles. The second kappa shape index (κ2) is 8.36. The Bertz CT molecular complexity index is 641. The predicted octanol–water partition coefficient (Wildman–Crippen LogP) is 3.74. The van der Waals surface area contributed by atoms with Crippen LogP contribution in [-0.4, -0.2) is 39.6 Å².